The van der Waals surface area contributed by atoms with Crippen LogP contribution in [0, 0.1) is 0 Å². The Morgan fingerprint density at radius 3 is 2.47 bits per heavy atom. The van der Waals surface area contributed by atoms with Crippen LogP contribution in [-0.2, 0) is 6.54 Å². The highest BCUT2D eigenvalue weighted by Crippen LogP contribution is 2.19. The average Bonchev–Trinajstić information content (AvgIpc) is 2.46. The number of aromatic nitrogens is 2. The number of nitrogens with zero attached hydrogens (tertiary/aromatic N) is 2. The molecule has 3 heteroatoms. The SMILES string of the molecule is C=CCNCc1cccc2nc3ccccc3nc12. The van der Waals surface area contributed by atoms with Crippen LogP contribution in [-0.4, -0.2) is 16.5 Å². The Kier molecular flexibility index (Phi) is 3.21. The fraction of sp³-hybridized carbons (Fsp3) is 0.125. The largest absolute Gasteiger partial charge is 0.309 e. The number of fused-ring (bicyclic) bond motifs is 2. The lowest BCUT2D eigenvalue weighted by atomic mass is 10.1. The van der Waals surface area contributed by atoms with Crippen molar-refractivity contribution in [2.75, 3.05) is 6.54 Å². The molecule has 19 heavy (non-hydrogen) atoms. The number of benzene rings is 2. The summed E-state index contributed by atoms with van der Waals surface area (Å²) in [7, 11) is 0. The fourth-order valence-electron chi connectivity index (χ4n) is 2.15. The van der Waals surface area contributed by atoms with E-state index in [0.717, 1.165) is 40.7 Å². The lowest BCUT2D eigenvalue weighted by molar-refractivity contribution is 0.763. The molecule has 2 aromatic carbocycles. The van der Waals surface area contributed by atoms with Crippen LogP contribution in [0.2, 0.25) is 0 Å². The van der Waals surface area contributed by atoms with Crippen LogP contribution in [0.5, 0.6) is 0 Å². The molecule has 0 bridgehead atoms. The second-order valence-electron chi connectivity index (χ2n) is 4.42. The summed E-state index contributed by atoms with van der Waals surface area (Å²) in [5, 5.41) is 3.31. The maximum absolute atomic E-state index is 4.73. The topological polar surface area (TPSA) is 37.8 Å². The van der Waals surface area contributed by atoms with Gasteiger partial charge in [-0.3, -0.25) is 0 Å². The molecule has 3 rings (SSSR count). The molecular formula is C16H15N3. The van der Waals surface area contributed by atoms with Gasteiger partial charge in [0.15, 0.2) is 0 Å². The lowest BCUT2D eigenvalue weighted by Gasteiger charge is -2.07. The molecule has 94 valence electrons. The van der Waals surface area contributed by atoms with Gasteiger partial charge in [0.25, 0.3) is 0 Å². The maximum atomic E-state index is 4.73. The van der Waals surface area contributed by atoms with Crippen LogP contribution >= 0.6 is 0 Å². The average molecular weight is 249 g/mol. The summed E-state index contributed by atoms with van der Waals surface area (Å²) in [6.07, 6.45) is 1.85. The Labute approximate surface area is 112 Å². The van der Waals surface area contributed by atoms with Crippen LogP contribution < -0.4 is 5.32 Å². The molecule has 0 saturated heterocycles. The van der Waals surface area contributed by atoms with Crippen LogP contribution in [0.15, 0.2) is 55.1 Å². The molecule has 0 aliphatic carbocycles. The van der Waals surface area contributed by atoms with Crippen molar-refractivity contribution in [3.63, 3.8) is 0 Å². The summed E-state index contributed by atoms with van der Waals surface area (Å²) in [5.74, 6) is 0. The van der Waals surface area contributed by atoms with Gasteiger partial charge in [-0.2, -0.15) is 0 Å². The minimum atomic E-state index is 0.774. The molecule has 3 aromatic rings. The normalized spacial score (nSPS) is 10.9. The number of rotatable bonds is 4. The third-order valence-electron chi connectivity index (χ3n) is 3.06. The van der Waals surface area contributed by atoms with Crippen LogP contribution in [0.1, 0.15) is 5.56 Å². The molecule has 0 fully saturated rings. The monoisotopic (exact) mass is 249 g/mol. The first-order chi connectivity index (χ1) is 9.38. The number of para-hydroxylation sites is 3. The molecule has 1 N–H and O–H groups in total. The van der Waals surface area contributed by atoms with Gasteiger partial charge in [-0.1, -0.05) is 30.3 Å². The third-order valence-corrected chi connectivity index (χ3v) is 3.06. The number of hydrogen-bond donors (Lipinski definition) is 1. The number of nitrogens with one attached hydrogen (secondary N) is 1. The van der Waals surface area contributed by atoms with Crippen LogP contribution in [0.4, 0.5) is 0 Å². The van der Waals surface area contributed by atoms with Crippen molar-refractivity contribution in [1.29, 1.82) is 0 Å². The van der Waals surface area contributed by atoms with Gasteiger partial charge in [0.1, 0.15) is 0 Å². The van der Waals surface area contributed by atoms with Gasteiger partial charge in [0, 0.05) is 13.1 Å². The van der Waals surface area contributed by atoms with E-state index in [4.69, 9.17) is 4.98 Å². The van der Waals surface area contributed by atoms with E-state index in [1.165, 1.54) is 0 Å². The molecule has 1 aromatic heterocycles. The summed E-state index contributed by atoms with van der Waals surface area (Å²) < 4.78 is 0. The Hall–Kier alpha value is -2.26. The summed E-state index contributed by atoms with van der Waals surface area (Å²) in [5.41, 5.74) is 4.95. The lowest BCUT2D eigenvalue weighted by Crippen LogP contribution is -2.13. The zero-order chi connectivity index (χ0) is 13.1. The van der Waals surface area contributed by atoms with Crippen molar-refractivity contribution in [1.82, 2.24) is 15.3 Å². The van der Waals surface area contributed by atoms with Gasteiger partial charge in [0.2, 0.25) is 0 Å². The van der Waals surface area contributed by atoms with E-state index in [0.29, 0.717) is 0 Å². The molecule has 0 spiro atoms. The Balaban J connectivity index is 2.12. The Bertz CT molecular complexity index is 734. The molecule has 3 nitrogen and oxygen atoms in total. The third kappa shape index (κ3) is 2.33. The molecule has 0 unspecified atom stereocenters. The first-order valence-electron chi connectivity index (χ1n) is 6.34. The molecule has 0 aliphatic rings. The number of hydrogen-bond acceptors (Lipinski definition) is 3. The molecular weight excluding hydrogens is 234 g/mol. The second kappa shape index (κ2) is 5.16. The summed E-state index contributed by atoms with van der Waals surface area (Å²) in [4.78, 5) is 9.38. The van der Waals surface area contributed by atoms with Gasteiger partial charge in [-0.25, -0.2) is 9.97 Å². The molecule has 0 aliphatic heterocycles. The molecule has 0 saturated carbocycles. The van der Waals surface area contributed by atoms with E-state index >= 15 is 0 Å². The minimum absolute atomic E-state index is 0.774. The van der Waals surface area contributed by atoms with E-state index in [1.54, 1.807) is 0 Å². The van der Waals surface area contributed by atoms with Gasteiger partial charge in [-0.05, 0) is 23.8 Å². The standard InChI is InChI=1S/C16H15N3/c1-2-10-17-11-12-6-5-9-15-16(12)19-14-8-4-3-7-13(14)18-15/h2-9,17H,1,10-11H2. The predicted molar refractivity (Wildman–Crippen MR) is 78.9 cm³/mol. The molecule has 0 atom stereocenters. The predicted octanol–water partition coefficient (Wildman–Crippen LogP) is 3.06. The maximum Gasteiger partial charge on any atom is 0.0939 e. The zero-order valence-electron chi connectivity index (χ0n) is 10.6. The van der Waals surface area contributed by atoms with Crippen molar-refractivity contribution in [2.45, 2.75) is 6.54 Å². The summed E-state index contributed by atoms with van der Waals surface area (Å²) >= 11 is 0. The van der Waals surface area contributed by atoms with Crippen molar-refractivity contribution >= 4 is 22.1 Å². The van der Waals surface area contributed by atoms with E-state index in [1.807, 2.05) is 42.5 Å². The van der Waals surface area contributed by atoms with E-state index in [-0.39, 0.29) is 0 Å². The van der Waals surface area contributed by atoms with Gasteiger partial charge in [0.05, 0.1) is 22.1 Å². The van der Waals surface area contributed by atoms with Gasteiger partial charge >= 0.3 is 0 Å². The second-order valence-corrected chi connectivity index (χ2v) is 4.42. The summed E-state index contributed by atoms with van der Waals surface area (Å²) in [6.45, 7) is 5.27. The zero-order valence-corrected chi connectivity index (χ0v) is 10.6. The van der Waals surface area contributed by atoms with E-state index < -0.39 is 0 Å². The molecule has 1 heterocycles. The van der Waals surface area contributed by atoms with E-state index in [2.05, 4.69) is 22.9 Å². The molecule has 0 amide bonds. The van der Waals surface area contributed by atoms with Crippen LogP contribution in [0.25, 0.3) is 22.1 Å². The Morgan fingerprint density at radius 1 is 0.947 bits per heavy atom. The van der Waals surface area contributed by atoms with Crippen LogP contribution in [0.3, 0.4) is 0 Å². The van der Waals surface area contributed by atoms with Gasteiger partial charge < -0.3 is 5.32 Å². The quantitative estimate of drug-likeness (QED) is 0.438. The highest BCUT2D eigenvalue weighted by molar-refractivity contribution is 5.87. The van der Waals surface area contributed by atoms with Crippen molar-refractivity contribution < 1.29 is 0 Å². The van der Waals surface area contributed by atoms with Crippen molar-refractivity contribution in [3.05, 3.63) is 60.7 Å². The highest BCUT2D eigenvalue weighted by atomic mass is 14.9. The first kappa shape index (κ1) is 11.8. The molecule has 0 radical (unpaired) electrons. The van der Waals surface area contributed by atoms with Gasteiger partial charge in [-0.15, -0.1) is 6.58 Å². The van der Waals surface area contributed by atoms with Crippen molar-refractivity contribution in [2.24, 2.45) is 0 Å². The van der Waals surface area contributed by atoms with Crippen molar-refractivity contribution in [3.8, 4) is 0 Å². The summed E-state index contributed by atoms with van der Waals surface area (Å²) in [6, 6.07) is 14.1. The fourth-order valence-corrected chi connectivity index (χ4v) is 2.15. The van der Waals surface area contributed by atoms with E-state index in [9.17, 15) is 0 Å². The smallest absolute Gasteiger partial charge is 0.0939 e. The highest BCUT2D eigenvalue weighted by Gasteiger charge is 2.05. The first-order valence-corrected chi connectivity index (χ1v) is 6.34. The Morgan fingerprint density at radius 2 is 1.68 bits per heavy atom. The minimum Gasteiger partial charge on any atom is -0.309 e.